The van der Waals surface area contributed by atoms with E-state index in [1.165, 1.54) is 19.3 Å². The minimum atomic E-state index is -0.596. The van der Waals surface area contributed by atoms with Crippen molar-refractivity contribution in [3.8, 4) is 0 Å². The highest BCUT2D eigenvalue weighted by molar-refractivity contribution is 5.69. The second kappa shape index (κ2) is 11.0. The number of nitrogens with zero attached hydrogens (tertiary/aromatic N) is 1. The third-order valence-electron chi connectivity index (χ3n) is 5.46. The van der Waals surface area contributed by atoms with E-state index in [1.807, 2.05) is 53.4 Å². The molecule has 0 saturated carbocycles. The van der Waals surface area contributed by atoms with Gasteiger partial charge >= 0.3 is 6.09 Å². The molecule has 5 heteroatoms. The number of likely N-dealkylation sites (tertiary alicyclic amines) is 1. The molecule has 2 rings (SSSR count). The number of amides is 1. The first-order chi connectivity index (χ1) is 13.4. The van der Waals surface area contributed by atoms with Gasteiger partial charge in [-0.25, -0.2) is 4.79 Å². The normalized spacial score (nSPS) is 27.1. The van der Waals surface area contributed by atoms with Crippen LogP contribution in [0.4, 0.5) is 4.79 Å². The van der Waals surface area contributed by atoms with Crippen LogP contribution in [0.2, 0.25) is 0 Å². The lowest BCUT2D eigenvalue weighted by Gasteiger charge is -2.41. The highest BCUT2D eigenvalue weighted by Crippen LogP contribution is 2.40. The van der Waals surface area contributed by atoms with Crippen LogP contribution in [0.3, 0.4) is 0 Å². The average molecular weight is 414 g/mol. The SMILES string of the molecule is CC.CCCC(CC(C)C)CC1CN(C(=O)OC(C)(C)C)C2COC(C)(C)OC12. The third-order valence-corrected chi connectivity index (χ3v) is 5.46. The van der Waals surface area contributed by atoms with E-state index in [2.05, 4.69) is 20.8 Å². The Morgan fingerprint density at radius 3 is 2.38 bits per heavy atom. The van der Waals surface area contributed by atoms with Gasteiger partial charge in [0, 0.05) is 12.5 Å². The van der Waals surface area contributed by atoms with E-state index in [9.17, 15) is 4.79 Å². The Balaban J connectivity index is 0.00000204. The van der Waals surface area contributed by atoms with Crippen LogP contribution < -0.4 is 0 Å². The molecule has 0 aromatic carbocycles. The van der Waals surface area contributed by atoms with Crippen LogP contribution in [0.5, 0.6) is 0 Å². The smallest absolute Gasteiger partial charge is 0.410 e. The molecule has 172 valence electrons. The second-order valence-corrected chi connectivity index (χ2v) is 10.3. The van der Waals surface area contributed by atoms with Crippen LogP contribution in [0.25, 0.3) is 0 Å². The zero-order chi connectivity index (χ0) is 22.4. The molecule has 0 N–H and O–H groups in total. The Morgan fingerprint density at radius 1 is 1.24 bits per heavy atom. The monoisotopic (exact) mass is 413 g/mol. The summed E-state index contributed by atoms with van der Waals surface area (Å²) in [6, 6.07) is -0.0563. The Bertz CT molecular complexity index is 498. The number of rotatable bonds is 6. The second-order valence-electron chi connectivity index (χ2n) is 10.3. The van der Waals surface area contributed by atoms with Crippen LogP contribution in [-0.4, -0.2) is 47.7 Å². The fourth-order valence-electron chi connectivity index (χ4n) is 4.56. The van der Waals surface area contributed by atoms with Gasteiger partial charge in [-0.1, -0.05) is 47.5 Å². The zero-order valence-electron chi connectivity index (χ0n) is 20.7. The van der Waals surface area contributed by atoms with Gasteiger partial charge in [-0.3, -0.25) is 4.90 Å². The zero-order valence-corrected chi connectivity index (χ0v) is 20.7. The van der Waals surface area contributed by atoms with E-state index < -0.39 is 11.4 Å². The van der Waals surface area contributed by atoms with Gasteiger partial charge in [0.05, 0.1) is 18.8 Å². The van der Waals surface area contributed by atoms with Crippen molar-refractivity contribution in [2.24, 2.45) is 17.8 Å². The summed E-state index contributed by atoms with van der Waals surface area (Å²) in [4.78, 5) is 14.7. The lowest BCUT2D eigenvalue weighted by molar-refractivity contribution is -0.288. The largest absolute Gasteiger partial charge is 0.444 e. The molecule has 0 aliphatic carbocycles. The van der Waals surface area contributed by atoms with Crippen molar-refractivity contribution in [1.82, 2.24) is 4.90 Å². The van der Waals surface area contributed by atoms with Crippen molar-refractivity contribution >= 4 is 6.09 Å². The highest BCUT2D eigenvalue weighted by Gasteiger charge is 2.51. The number of hydrogen-bond acceptors (Lipinski definition) is 4. The molecular formula is C24H47NO4. The molecule has 2 saturated heterocycles. The fourth-order valence-corrected chi connectivity index (χ4v) is 4.56. The molecule has 0 spiro atoms. The summed E-state index contributed by atoms with van der Waals surface area (Å²) in [5, 5.41) is 0. The van der Waals surface area contributed by atoms with E-state index in [4.69, 9.17) is 14.2 Å². The van der Waals surface area contributed by atoms with Crippen molar-refractivity contribution < 1.29 is 19.0 Å². The summed E-state index contributed by atoms with van der Waals surface area (Å²) in [5.74, 6) is 1.10. The third kappa shape index (κ3) is 8.09. The van der Waals surface area contributed by atoms with Gasteiger partial charge in [-0.05, 0) is 59.3 Å². The number of ether oxygens (including phenoxy) is 3. The molecule has 29 heavy (non-hydrogen) atoms. The molecule has 2 aliphatic rings. The van der Waals surface area contributed by atoms with Crippen molar-refractivity contribution in [1.29, 1.82) is 0 Å². The molecule has 0 aromatic heterocycles. The first-order valence-electron chi connectivity index (χ1n) is 11.7. The molecule has 4 unspecified atom stereocenters. The molecule has 2 fully saturated rings. The Labute approximate surface area is 179 Å². The van der Waals surface area contributed by atoms with Crippen LogP contribution in [0.15, 0.2) is 0 Å². The Kier molecular flexibility index (Phi) is 9.94. The van der Waals surface area contributed by atoms with Crippen molar-refractivity contribution in [2.45, 2.75) is 118 Å². The molecule has 2 aliphatic heterocycles. The molecule has 5 nitrogen and oxygen atoms in total. The van der Waals surface area contributed by atoms with Crippen LogP contribution in [-0.2, 0) is 14.2 Å². The summed E-state index contributed by atoms with van der Waals surface area (Å²) < 4.78 is 17.9. The van der Waals surface area contributed by atoms with Crippen LogP contribution in [0, 0.1) is 17.8 Å². The maximum absolute atomic E-state index is 12.8. The van der Waals surface area contributed by atoms with E-state index >= 15 is 0 Å². The maximum Gasteiger partial charge on any atom is 0.410 e. The van der Waals surface area contributed by atoms with Crippen LogP contribution >= 0.6 is 0 Å². The molecule has 1 amide bonds. The Morgan fingerprint density at radius 2 is 1.86 bits per heavy atom. The van der Waals surface area contributed by atoms with Crippen molar-refractivity contribution in [2.75, 3.05) is 13.2 Å². The van der Waals surface area contributed by atoms with E-state index in [0.29, 0.717) is 30.9 Å². The minimum Gasteiger partial charge on any atom is -0.444 e. The van der Waals surface area contributed by atoms with Gasteiger partial charge in [0.2, 0.25) is 0 Å². The number of carbonyl (C=O) groups excluding carboxylic acids is 1. The van der Waals surface area contributed by atoms with Gasteiger partial charge in [-0.15, -0.1) is 0 Å². The summed E-state index contributed by atoms with van der Waals surface area (Å²) in [6.07, 6.45) is 4.54. The fraction of sp³-hybridized carbons (Fsp3) is 0.958. The standard InChI is InChI=1S/C22H41NO4.C2H6/c1-9-10-16(11-15(2)3)12-17-13-23(20(24)27-21(4,5)6)18-14-25-22(7,8)26-19(17)18;1-2/h15-19H,9-14H2,1-8H3;1-2H3. The predicted molar refractivity (Wildman–Crippen MR) is 119 cm³/mol. The minimum absolute atomic E-state index is 0.0211. The van der Waals surface area contributed by atoms with Gasteiger partial charge in [0.15, 0.2) is 5.79 Å². The van der Waals surface area contributed by atoms with E-state index in [0.717, 1.165) is 6.42 Å². The lowest BCUT2D eigenvalue weighted by Crippen LogP contribution is -2.53. The van der Waals surface area contributed by atoms with Gasteiger partial charge in [0.25, 0.3) is 0 Å². The molecule has 2 heterocycles. The number of carbonyl (C=O) groups is 1. The van der Waals surface area contributed by atoms with Crippen molar-refractivity contribution in [3.05, 3.63) is 0 Å². The van der Waals surface area contributed by atoms with E-state index in [-0.39, 0.29) is 18.2 Å². The summed E-state index contributed by atoms with van der Waals surface area (Å²) in [7, 11) is 0. The molecule has 0 bridgehead atoms. The molecule has 4 atom stereocenters. The topological polar surface area (TPSA) is 48.0 Å². The molecule has 0 aromatic rings. The van der Waals surface area contributed by atoms with E-state index in [1.54, 1.807) is 0 Å². The highest BCUT2D eigenvalue weighted by atomic mass is 16.7. The average Bonchev–Trinajstić information content (AvgIpc) is 2.91. The first kappa shape index (κ1) is 26.2. The van der Waals surface area contributed by atoms with Crippen molar-refractivity contribution in [3.63, 3.8) is 0 Å². The lowest BCUT2D eigenvalue weighted by atomic mass is 9.83. The number of hydrogen-bond donors (Lipinski definition) is 0. The molecular weight excluding hydrogens is 366 g/mol. The summed E-state index contributed by atoms with van der Waals surface area (Å²) in [5.41, 5.74) is -0.497. The summed E-state index contributed by atoms with van der Waals surface area (Å²) >= 11 is 0. The van der Waals surface area contributed by atoms with Gasteiger partial charge in [-0.2, -0.15) is 0 Å². The predicted octanol–water partition coefficient (Wildman–Crippen LogP) is 6.25. The number of fused-ring (bicyclic) bond motifs is 1. The first-order valence-corrected chi connectivity index (χ1v) is 11.7. The molecule has 0 radical (unpaired) electrons. The van der Waals surface area contributed by atoms with Gasteiger partial charge < -0.3 is 14.2 Å². The Hall–Kier alpha value is -0.810. The van der Waals surface area contributed by atoms with Crippen LogP contribution in [0.1, 0.15) is 94.9 Å². The van der Waals surface area contributed by atoms with Gasteiger partial charge in [0.1, 0.15) is 5.60 Å². The summed E-state index contributed by atoms with van der Waals surface area (Å²) in [6.45, 7) is 21.7. The maximum atomic E-state index is 12.8. The quantitative estimate of drug-likeness (QED) is 0.516.